The van der Waals surface area contributed by atoms with E-state index in [0.717, 1.165) is 0 Å². The quantitative estimate of drug-likeness (QED) is 0.892. The van der Waals surface area contributed by atoms with Gasteiger partial charge in [0, 0.05) is 26.2 Å². The zero-order valence-corrected chi connectivity index (χ0v) is 14.9. The number of carbonyl (C=O) groups is 1. The molecule has 0 spiro atoms. The number of hydrogen-bond donors (Lipinski definition) is 1. The standard InChI is InChI=1S/C16H25FN4O3/c1-10(2)12-11(17)13(22)19-14(18-12)20-6-8-21(9-7-20)15(23)24-16(3,4)5/h10H,6-9H2,1-5H3,(H,18,19,22). The molecule has 0 aliphatic carbocycles. The first-order valence-electron chi connectivity index (χ1n) is 8.11. The Balaban J connectivity index is 2.08. The second-order valence-electron chi connectivity index (χ2n) is 7.20. The first-order valence-corrected chi connectivity index (χ1v) is 8.11. The maximum Gasteiger partial charge on any atom is 0.410 e. The van der Waals surface area contributed by atoms with Gasteiger partial charge in [0.1, 0.15) is 5.60 Å². The van der Waals surface area contributed by atoms with E-state index in [0.29, 0.717) is 32.1 Å². The molecule has 2 heterocycles. The highest BCUT2D eigenvalue weighted by atomic mass is 19.1. The molecule has 0 unspecified atom stereocenters. The highest BCUT2D eigenvalue weighted by molar-refractivity contribution is 5.68. The van der Waals surface area contributed by atoms with E-state index in [1.807, 2.05) is 25.7 Å². The van der Waals surface area contributed by atoms with Crippen LogP contribution in [-0.2, 0) is 4.74 Å². The maximum atomic E-state index is 13.8. The van der Waals surface area contributed by atoms with E-state index in [1.165, 1.54) is 0 Å². The number of aromatic amines is 1. The summed E-state index contributed by atoms with van der Waals surface area (Å²) in [7, 11) is 0. The van der Waals surface area contributed by atoms with Gasteiger partial charge in [-0.25, -0.2) is 9.78 Å². The molecule has 2 rings (SSSR count). The predicted octanol–water partition coefficient (Wildman–Crippen LogP) is 2.09. The Bertz CT molecular complexity index is 658. The molecule has 1 aromatic heterocycles. The van der Waals surface area contributed by atoms with Crippen molar-refractivity contribution >= 4 is 12.0 Å². The number of nitrogens with zero attached hydrogens (tertiary/aromatic N) is 3. The molecule has 0 atom stereocenters. The first kappa shape index (κ1) is 18.2. The average Bonchev–Trinajstić information content (AvgIpc) is 2.48. The third kappa shape index (κ3) is 4.24. The number of piperazine rings is 1. The fourth-order valence-electron chi connectivity index (χ4n) is 2.42. The molecule has 134 valence electrons. The van der Waals surface area contributed by atoms with E-state index in [1.54, 1.807) is 18.7 Å². The summed E-state index contributed by atoms with van der Waals surface area (Å²) in [4.78, 5) is 34.0. The zero-order valence-electron chi connectivity index (χ0n) is 14.9. The highest BCUT2D eigenvalue weighted by Crippen LogP contribution is 2.18. The van der Waals surface area contributed by atoms with E-state index < -0.39 is 17.0 Å². The second kappa shape index (κ2) is 6.78. The van der Waals surface area contributed by atoms with Gasteiger partial charge in [-0.15, -0.1) is 0 Å². The van der Waals surface area contributed by atoms with E-state index in [2.05, 4.69) is 9.97 Å². The maximum absolute atomic E-state index is 13.8. The van der Waals surface area contributed by atoms with Gasteiger partial charge in [-0.05, 0) is 26.7 Å². The fraction of sp³-hybridized carbons (Fsp3) is 0.688. The monoisotopic (exact) mass is 340 g/mol. The van der Waals surface area contributed by atoms with Crippen molar-refractivity contribution in [3.05, 3.63) is 21.9 Å². The number of H-pyrrole nitrogens is 1. The Morgan fingerprint density at radius 2 is 1.83 bits per heavy atom. The number of aromatic nitrogens is 2. The van der Waals surface area contributed by atoms with Gasteiger partial charge in [-0.1, -0.05) is 13.8 Å². The van der Waals surface area contributed by atoms with Crippen molar-refractivity contribution in [2.24, 2.45) is 0 Å². The highest BCUT2D eigenvalue weighted by Gasteiger charge is 2.27. The van der Waals surface area contributed by atoms with Crippen LogP contribution in [-0.4, -0.2) is 52.7 Å². The third-order valence-corrected chi connectivity index (χ3v) is 3.65. The van der Waals surface area contributed by atoms with E-state index in [-0.39, 0.29) is 17.7 Å². The van der Waals surface area contributed by atoms with Crippen molar-refractivity contribution in [2.45, 2.75) is 46.1 Å². The number of ether oxygens (including phenoxy) is 1. The Morgan fingerprint density at radius 1 is 1.25 bits per heavy atom. The molecule has 0 aromatic carbocycles. The summed E-state index contributed by atoms with van der Waals surface area (Å²) in [5, 5.41) is 0. The third-order valence-electron chi connectivity index (χ3n) is 3.65. The van der Waals surface area contributed by atoms with Gasteiger partial charge >= 0.3 is 6.09 Å². The molecule has 0 radical (unpaired) electrons. The molecular formula is C16H25FN4O3. The molecule has 1 aliphatic rings. The van der Waals surface area contributed by atoms with Crippen LogP contribution in [0.1, 0.15) is 46.2 Å². The van der Waals surface area contributed by atoms with Crippen LogP contribution in [0, 0.1) is 5.82 Å². The number of halogens is 1. The molecular weight excluding hydrogens is 315 g/mol. The number of rotatable bonds is 2. The van der Waals surface area contributed by atoms with Crippen molar-refractivity contribution in [1.82, 2.24) is 14.9 Å². The van der Waals surface area contributed by atoms with Gasteiger partial charge in [0.15, 0.2) is 0 Å². The van der Waals surface area contributed by atoms with Crippen LogP contribution in [0.5, 0.6) is 0 Å². The largest absolute Gasteiger partial charge is 0.444 e. The van der Waals surface area contributed by atoms with Gasteiger partial charge < -0.3 is 14.5 Å². The molecule has 8 heteroatoms. The average molecular weight is 340 g/mol. The molecule has 1 amide bonds. The molecule has 0 saturated carbocycles. The molecule has 1 fully saturated rings. The lowest BCUT2D eigenvalue weighted by Gasteiger charge is -2.35. The predicted molar refractivity (Wildman–Crippen MR) is 88.9 cm³/mol. The second-order valence-corrected chi connectivity index (χ2v) is 7.20. The minimum absolute atomic E-state index is 0.156. The molecule has 1 aliphatic heterocycles. The first-order chi connectivity index (χ1) is 11.1. The Kier molecular flexibility index (Phi) is 5.15. The summed E-state index contributed by atoms with van der Waals surface area (Å²) in [5.74, 6) is -0.677. The number of nitrogens with one attached hydrogen (secondary N) is 1. The van der Waals surface area contributed by atoms with Crippen LogP contribution in [0.15, 0.2) is 4.79 Å². The fourth-order valence-corrected chi connectivity index (χ4v) is 2.42. The summed E-state index contributed by atoms with van der Waals surface area (Å²) in [5.41, 5.74) is -1.15. The molecule has 1 aromatic rings. The summed E-state index contributed by atoms with van der Waals surface area (Å²) in [6, 6.07) is 0. The Morgan fingerprint density at radius 3 is 2.33 bits per heavy atom. The zero-order chi connectivity index (χ0) is 18.1. The van der Waals surface area contributed by atoms with Crippen molar-refractivity contribution in [1.29, 1.82) is 0 Å². The van der Waals surface area contributed by atoms with Gasteiger partial charge in [-0.2, -0.15) is 4.39 Å². The van der Waals surface area contributed by atoms with Crippen LogP contribution < -0.4 is 10.5 Å². The summed E-state index contributed by atoms with van der Waals surface area (Å²) in [6.45, 7) is 10.9. The van der Waals surface area contributed by atoms with Crippen LogP contribution in [0.3, 0.4) is 0 Å². The number of hydrogen-bond acceptors (Lipinski definition) is 5. The molecule has 1 N–H and O–H groups in total. The number of amides is 1. The van der Waals surface area contributed by atoms with E-state index >= 15 is 0 Å². The smallest absolute Gasteiger partial charge is 0.410 e. The Hall–Kier alpha value is -2.12. The molecule has 0 bridgehead atoms. The number of carbonyl (C=O) groups excluding carboxylic acids is 1. The molecule has 7 nitrogen and oxygen atoms in total. The van der Waals surface area contributed by atoms with E-state index in [4.69, 9.17) is 4.74 Å². The Labute approximate surface area is 140 Å². The van der Waals surface area contributed by atoms with Gasteiger partial charge in [-0.3, -0.25) is 9.78 Å². The SMILES string of the molecule is CC(C)c1nc(N2CCN(C(=O)OC(C)(C)C)CC2)[nH]c(=O)c1F. The summed E-state index contributed by atoms with van der Waals surface area (Å²) in [6.07, 6.45) is -0.356. The van der Waals surface area contributed by atoms with Gasteiger partial charge in [0.05, 0.1) is 5.69 Å². The van der Waals surface area contributed by atoms with Crippen molar-refractivity contribution in [3.8, 4) is 0 Å². The molecule has 1 saturated heterocycles. The van der Waals surface area contributed by atoms with Crippen molar-refractivity contribution in [3.63, 3.8) is 0 Å². The van der Waals surface area contributed by atoms with Crippen molar-refractivity contribution in [2.75, 3.05) is 31.1 Å². The topological polar surface area (TPSA) is 78.5 Å². The van der Waals surface area contributed by atoms with Gasteiger partial charge in [0.25, 0.3) is 5.56 Å². The van der Waals surface area contributed by atoms with E-state index in [9.17, 15) is 14.0 Å². The lowest BCUT2D eigenvalue weighted by molar-refractivity contribution is 0.0240. The normalized spacial score (nSPS) is 15.8. The van der Waals surface area contributed by atoms with Crippen LogP contribution in [0.2, 0.25) is 0 Å². The van der Waals surface area contributed by atoms with Crippen molar-refractivity contribution < 1.29 is 13.9 Å². The molecule has 24 heavy (non-hydrogen) atoms. The minimum Gasteiger partial charge on any atom is -0.444 e. The van der Waals surface area contributed by atoms with Gasteiger partial charge in [0.2, 0.25) is 11.8 Å². The lowest BCUT2D eigenvalue weighted by atomic mass is 10.1. The van der Waals surface area contributed by atoms with Crippen LogP contribution in [0.25, 0.3) is 0 Å². The van der Waals surface area contributed by atoms with Crippen LogP contribution in [0.4, 0.5) is 15.1 Å². The lowest BCUT2D eigenvalue weighted by Crippen LogP contribution is -2.50. The minimum atomic E-state index is -0.832. The summed E-state index contributed by atoms with van der Waals surface area (Å²) >= 11 is 0. The number of anilines is 1. The summed E-state index contributed by atoms with van der Waals surface area (Å²) < 4.78 is 19.2. The van der Waals surface area contributed by atoms with Crippen LogP contribution >= 0.6 is 0 Å².